The van der Waals surface area contributed by atoms with Crippen molar-refractivity contribution in [2.24, 2.45) is 0 Å². The Kier molecular flexibility index (Phi) is 2.36. The van der Waals surface area contributed by atoms with Crippen LogP contribution in [-0.4, -0.2) is 16.6 Å². The average molecular weight is 199 g/mol. The summed E-state index contributed by atoms with van der Waals surface area (Å²) >= 11 is 5.83. The number of rotatable bonds is 3. The minimum atomic E-state index is 0.473. The molecule has 1 saturated carbocycles. The van der Waals surface area contributed by atoms with Gasteiger partial charge in [-0.2, -0.15) is 4.98 Å². The molecule has 0 radical (unpaired) electrons. The van der Waals surface area contributed by atoms with E-state index in [1.165, 1.54) is 12.8 Å². The standard InChI is InChI=1S/C9H11ClN2O/c1-2-13-8-5-7(10)11-9(12-8)6-3-4-6/h5-6H,2-4H2,1H3. The molecule has 0 atom stereocenters. The lowest BCUT2D eigenvalue weighted by atomic mass is 10.4. The third-order valence-corrected chi connectivity index (χ3v) is 2.12. The van der Waals surface area contributed by atoms with Crippen molar-refractivity contribution < 1.29 is 4.74 Å². The van der Waals surface area contributed by atoms with Gasteiger partial charge in [0.05, 0.1) is 6.61 Å². The molecule has 1 aliphatic carbocycles. The number of ether oxygens (including phenoxy) is 1. The summed E-state index contributed by atoms with van der Waals surface area (Å²) < 4.78 is 5.27. The first kappa shape index (κ1) is 8.75. The fraction of sp³-hybridized carbons (Fsp3) is 0.556. The molecule has 0 aromatic carbocycles. The van der Waals surface area contributed by atoms with Crippen molar-refractivity contribution in [2.75, 3.05) is 6.61 Å². The Morgan fingerprint density at radius 1 is 1.54 bits per heavy atom. The first-order valence-corrected chi connectivity index (χ1v) is 4.84. The van der Waals surface area contributed by atoms with E-state index < -0.39 is 0 Å². The van der Waals surface area contributed by atoms with E-state index in [2.05, 4.69) is 9.97 Å². The normalized spacial score (nSPS) is 15.8. The molecule has 13 heavy (non-hydrogen) atoms. The fourth-order valence-electron chi connectivity index (χ4n) is 1.16. The summed E-state index contributed by atoms with van der Waals surface area (Å²) in [5, 5.41) is 0.473. The Labute approximate surface area is 82.1 Å². The summed E-state index contributed by atoms with van der Waals surface area (Å²) in [5.41, 5.74) is 0. The molecule has 0 aliphatic heterocycles. The van der Waals surface area contributed by atoms with Crippen molar-refractivity contribution in [1.82, 2.24) is 9.97 Å². The number of hydrogen-bond donors (Lipinski definition) is 0. The van der Waals surface area contributed by atoms with E-state index >= 15 is 0 Å². The number of aromatic nitrogens is 2. The van der Waals surface area contributed by atoms with Crippen LogP contribution in [0.15, 0.2) is 6.07 Å². The van der Waals surface area contributed by atoms with E-state index in [1.807, 2.05) is 6.92 Å². The average Bonchev–Trinajstić information content (AvgIpc) is 2.85. The Balaban J connectivity index is 2.25. The maximum absolute atomic E-state index is 5.83. The molecular weight excluding hydrogens is 188 g/mol. The summed E-state index contributed by atoms with van der Waals surface area (Å²) in [4.78, 5) is 8.42. The van der Waals surface area contributed by atoms with Gasteiger partial charge in [0.25, 0.3) is 0 Å². The predicted octanol–water partition coefficient (Wildman–Crippen LogP) is 2.41. The predicted molar refractivity (Wildman–Crippen MR) is 50.2 cm³/mol. The number of halogens is 1. The van der Waals surface area contributed by atoms with Crippen molar-refractivity contribution in [1.29, 1.82) is 0 Å². The summed E-state index contributed by atoms with van der Waals surface area (Å²) in [7, 11) is 0. The van der Waals surface area contributed by atoms with Gasteiger partial charge in [-0.1, -0.05) is 11.6 Å². The monoisotopic (exact) mass is 198 g/mol. The molecule has 0 amide bonds. The molecule has 1 aliphatic rings. The molecule has 70 valence electrons. The van der Waals surface area contributed by atoms with Crippen LogP contribution >= 0.6 is 11.6 Å². The van der Waals surface area contributed by atoms with Crippen molar-refractivity contribution in [3.63, 3.8) is 0 Å². The van der Waals surface area contributed by atoms with Gasteiger partial charge in [0.15, 0.2) is 0 Å². The highest BCUT2D eigenvalue weighted by Crippen LogP contribution is 2.38. The van der Waals surface area contributed by atoms with Crippen LogP contribution in [0.2, 0.25) is 5.15 Å². The third kappa shape index (κ3) is 2.10. The highest BCUT2D eigenvalue weighted by atomic mass is 35.5. The molecule has 1 aromatic rings. The maximum atomic E-state index is 5.83. The van der Waals surface area contributed by atoms with Crippen molar-refractivity contribution >= 4 is 11.6 Å². The van der Waals surface area contributed by atoms with Gasteiger partial charge in [0.2, 0.25) is 5.88 Å². The van der Waals surface area contributed by atoms with E-state index in [9.17, 15) is 0 Å². The Morgan fingerprint density at radius 2 is 2.31 bits per heavy atom. The lowest BCUT2D eigenvalue weighted by Gasteiger charge is -2.03. The zero-order valence-electron chi connectivity index (χ0n) is 7.46. The van der Waals surface area contributed by atoms with Gasteiger partial charge in [0, 0.05) is 12.0 Å². The van der Waals surface area contributed by atoms with Crippen LogP contribution in [-0.2, 0) is 0 Å². The number of hydrogen-bond acceptors (Lipinski definition) is 3. The molecule has 4 heteroatoms. The Bertz CT molecular complexity index is 312. The summed E-state index contributed by atoms with van der Waals surface area (Å²) in [6.45, 7) is 2.53. The third-order valence-electron chi connectivity index (χ3n) is 1.92. The molecule has 1 aromatic heterocycles. The van der Waals surface area contributed by atoms with Crippen LogP contribution in [0.5, 0.6) is 5.88 Å². The molecule has 0 saturated heterocycles. The van der Waals surface area contributed by atoms with E-state index in [1.54, 1.807) is 6.07 Å². The van der Waals surface area contributed by atoms with Crippen LogP contribution in [0.3, 0.4) is 0 Å². The molecular formula is C9H11ClN2O. The van der Waals surface area contributed by atoms with Crippen molar-refractivity contribution in [2.45, 2.75) is 25.7 Å². The zero-order valence-corrected chi connectivity index (χ0v) is 8.21. The lowest BCUT2D eigenvalue weighted by molar-refractivity contribution is 0.325. The van der Waals surface area contributed by atoms with Gasteiger partial charge in [-0.3, -0.25) is 0 Å². The highest BCUT2D eigenvalue weighted by molar-refractivity contribution is 6.29. The topological polar surface area (TPSA) is 35.0 Å². The molecule has 1 fully saturated rings. The van der Waals surface area contributed by atoms with Gasteiger partial charge in [-0.25, -0.2) is 4.98 Å². The summed E-state index contributed by atoms with van der Waals surface area (Å²) in [6.07, 6.45) is 2.35. The molecule has 2 rings (SSSR count). The van der Waals surface area contributed by atoms with E-state index in [-0.39, 0.29) is 0 Å². The molecule has 3 nitrogen and oxygen atoms in total. The van der Waals surface area contributed by atoms with Gasteiger partial charge in [-0.05, 0) is 19.8 Å². The molecule has 1 heterocycles. The first-order valence-electron chi connectivity index (χ1n) is 4.47. The van der Waals surface area contributed by atoms with Crippen molar-refractivity contribution in [3.8, 4) is 5.88 Å². The smallest absolute Gasteiger partial charge is 0.218 e. The minimum Gasteiger partial charge on any atom is -0.478 e. The van der Waals surface area contributed by atoms with E-state index in [0.29, 0.717) is 23.6 Å². The maximum Gasteiger partial charge on any atom is 0.218 e. The van der Waals surface area contributed by atoms with Crippen LogP contribution in [0.4, 0.5) is 0 Å². The minimum absolute atomic E-state index is 0.473. The molecule has 0 N–H and O–H groups in total. The summed E-state index contributed by atoms with van der Waals surface area (Å²) in [6, 6.07) is 1.65. The van der Waals surface area contributed by atoms with Crippen LogP contribution < -0.4 is 4.74 Å². The quantitative estimate of drug-likeness (QED) is 0.700. The molecule has 0 bridgehead atoms. The lowest BCUT2D eigenvalue weighted by Crippen LogP contribution is -1.99. The molecule has 0 spiro atoms. The van der Waals surface area contributed by atoms with E-state index in [4.69, 9.17) is 16.3 Å². The largest absolute Gasteiger partial charge is 0.478 e. The Hall–Kier alpha value is -0.830. The van der Waals surface area contributed by atoms with Gasteiger partial charge < -0.3 is 4.74 Å². The van der Waals surface area contributed by atoms with Crippen molar-refractivity contribution in [3.05, 3.63) is 17.0 Å². The second kappa shape index (κ2) is 3.50. The van der Waals surface area contributed by atoms with Crippen LogP contribution in [0.25, 0.3) is 0 Å². The van der Waals surface area contributed by atoms with Gasteiger partial charge in [-0.15, -0.1) is 0 Å². The SMILES string of the molecule is CCOc1cc(Cl)nc(C2CC2)n1. The van der Waals surface area contributed by atoms with Gasteiger partial charge in [0.1, 0.15) is 11.0 Å². The van der Waals surface area contributed by atoms with Crippen LogP contribution in [0.1, 0.15) is 31.5 Å². The summed E-state index contributed by atoms with van der Waals surface area (Å²) in [5.74, 6) is 1.93. The highest BCUT2D eigenvalue weighted by Gasteiger charge is 2.27. The first-order chi connectivity index (χ1) is 6.29. The number of nitrogens with zero attached hydrogens (tertiary/aromatic N) is 2. The second-order valence-electron chi connectivity index (χ2n) is 3.09. The van der Waals surface area contributed by atoms with E-state index in [0.717, 1.165) is 5.82 Å². The molecule has 0 unspecified atom stereocenters. The second-order valence-corrected chi connectivity index (χ2v) is 3.48. The van der Waals surface area contributed by atoms with Crippen LogP contribution in [0, 0.1) is 0 Å². The fourth-order valence-corrected chi connectivity index (χ4v) is 1.34. The zero-order chi connectivity index (χ0) is 9.26. The Morgan fingerprint density at radius 3 is 2.92 bits per heavy atom. The van der Waals surface area contributed by atoms with Gasteiger partial charge >= 0.3 is 0 Å².